The third-order valence-corrected chi connectivity index (χ3v) is 3.45. The molecule has 1 fully saturated rings. The topological polar surface area (TPSA) is 38.5 Å². The van der Waals surface area contributed by atoms with Gasteiger partial charge in [-0.2, -0.15) is 0 Å². The molecule has 0 radical (unpaired) electrons. The molecule has 3 heteroatoms. The molecule has 88 valence electrons. The Morgan fingerprint density at radius 3 is 2.81 bits per heavy atom. The van der Waals surface area contributed by atoms with Crippen LogP contribution in [0.1, 0.15) is 19.3 Å². The van der Waals surface area contributed by atoms with E-state index in [-0.39, 0.29) is 0 Å². The van der Waals surface area contributed by atoms with E-state index in [9.17, 15) is 0 Å². The van der Waals surface area contributed by atoms with Gasteiger partial charge in [0.15, 0.2) is 0 Å². The first kappa shape index (κ1) is 11.3. The van der Waals surface area contributed by atoms with Gasteiger partial charge in [0.05, 0.1) is 7.11 Å². The van der Waals surface area contributed by atoms with Gasteiger partial charge in [0, 0.05) is 30.9 Å². The van der Waals surface area contributed by atoms with Crippen LogP contribution in [0.3, 0.4) is 0 Å². The predicted molar refractivity (Wildman–Crippen MR) is 67.0 cm³/mol. The van der Waals surface area contributed by atoms with Crippen molar-refractivity contribution in [1.82, 2.24) is 0 Å². The van der Waals surface area contributed by atoms with Gasteiger partial charge in [-0.1, -0.05) is 6.07 Å². The molecule has 0 bridgehead atoms. The maximum Gasteiger partial charge on any atom is 0.120 e. The SMILES string of the molecule is COc1cccc(N(C)C2CCC(N)C2)c1. The van der Waals surface area contributed by atoms with Crippen molar-refractivity contribution < 1.29 is 4.74 Å². The minimum atomic E-state index is 0.373. The van der Waals surface area contributed by atoms with E-state index in [0.717, 1.165) is 18.6 Å². The highest BCUT2D eigenvalue weighted by Gasteiger charge is 2.25. The molecule has 1 aromatic carbocycles. The molecule has 0 aromatic heterocycles. The lowest BCUT2D eigenvalue weighted by atomic mass is 10.2. The minimum absolute atomic E-state index is 0.373. The van der Waals surface area contributed by atoms with Crippen LogP contribution in [-0.2, 0) is 0 Å². The predicted octanol–water partition coefficient (Wildman–Crippen LogP) is 2.01. The molecular formula is C13H20N2O. The zero-order chi connectivity index (χ0) is 11.5. The van der Waals surface area contributed by atoms with Gasteiger partial charge in [-0.05, 0) is 31.4 Å². The number of ether oxygens (including phenoxy) is 1. The largest absolute Gasteiger partial charge is 0.497 e. The maximum absolute atomic E-state index is 5.95. The fraction of sp³-hybridized carbons (Fsp3) is 0.538. The third-order valence-electron chi connectivity index (χ3n) is 3.45. The molecule has 1 aromatic rings. The Bertz CT molecular complexity index is 354. The third kappa shape index (κ3) is 2.30. The maximum atomic E-state index is 5.95. The van der Waals surface area contributed by atoms with Crippen LogP contribution in [0.5, 0.6) is 5.75 Å². The number of hydrogen-bond donors (Lipinski definition) is 1. The molecule has 1 aliphatic carbocycles. The van der Waals surface area contributed by atoms with Crippen LogP contribution in [0.15, 0.2) is 24.3 Å². The monoisotopic (exact) mass is 220 g/mol. The normalized spacial score (nSPS) is 24.4. The van der Waals surface area contributed by atoms with E-state index >= 15 is 0 Å². The van der Waals surface area contributed by atoms with Crippen LogP contribution in [0.4, 0.5) is 5.69 Å². The summed E-state index contributed by atoms with van der Waals surface area (Å²) >= 11 is 0. The van der Waals surface area contributed by atoms with Crippen LogP contribution in [-0.4, -0.2) is 26.2 Å². The molecule has 2 rings (SSSR count). The molecule has 16 heavy (non-hydrogen) atoms. The molecular weight excluding hydrogens is 200 g/mol. The zero-order valence-electron chi connectivity index (χ0n) is 10.0. The molecule has 2 unspecified atom stereocenters. The van der Waals surface area contributed by atoms with Crippen molar-refractivity contribution in [3.05, 3.63) is 24.3 Å². The van der Waals surface area contributed by atoms with Crippen LogP contribution in [0.25, 0.3) is 0 Å². The standard InChI is InChI=1S/C13H20N2O/c1-15(12-7-6-10(14)8-12)11-4-3-5-13(9-11)16-2/h3-5,9-10,12H,6-8,14H2,1-2H3. The molecule has 1 aliphatic rings. The number of benzene rings is 1. The first-order valence-electron chi connectivity index (χ1n) is 5.83. The zero-order valence-corrected chi connectivity index (χ0v) is 10.0. The van der Waals surface area contributed by atoms with E-state index in [0.29, 0.717) is 12.1 Å². The first-order valence-corrected chi connectivity index (χ1v) is 5.83. The number of hydrogen-bond acceptors (Lipinski definition) is 3. The lowest BCUT2D eigenvalue weighted by Crippen LogP contribution is -2.30. The first-order chi connectivity index (χ1) is 7.70. The van der Waals surface area contributed by atoms with Gasteiger partial charge in [-0.25, -0.2) is 0 Å². The van der Waals surface area contributed by atoms with Gasteiger partial charge in [0.2, 0.25) is 0 Å². The molecule has 0 saturated heterocycles. The average molecular weight is 220 g/mol. The molecule has 0 spiro atoms. The van der Waals surface area contributed by atoms with Gasteiger partial charge < -0.3 is 15.4 Å². The van der Waals surface area contributed by atoms with E-state index < -0.39 is 0 Å². The highest BCUT2D eigenvalue weighted by atomic mass is 16.5. The summed E-state index contributed by atoms with van der Waals surface area (Å²) in [7, 11) is 3.84. The van der Waals surface area contributed by atoms with Crippen molar-refractivity contribution in [3.63, 3.8) is 0 Å². The minimum Gasteiger partial charge on any atom is -0.497 e. The van der Waals surface area contributed by atoms with Crippen LogP contribution < -0.4 is 15.4 Å². The second-order valence-corrected chi connectivity index (χ2v) is 4.54. The molecule has 3 nitrogen and oxygen atoms in total. The summed E-state index contributed by atoms with van der Waals surface area (Å²) in [6.07, 6.45) is 3.42. The van der Waals surface area contributed by atoms with Gasteiger partial charge in [0.25, 0.3) is 0 Å². The molecule has 2 atom stereocenters. The average Bonchev–Trinajstić information content (AvgIpc) is 2.75. The highest BCUT2D eigenvalue weighted by Crippen LogP contribution is 2.28. The van der Waals surface area contributed by atoms with Crippen molar-refractivity contribution in [3.8, 4) is 5.75 Å². The van der Waals surface area contributed by atoms with Crippen molar-refractivity contribution in [2.75, 3.05) is 19.1 Å². The Labute approximate surface area is 97.2 Å². The lowest BCUT2D eigenvalue weighted by molar-refractivity contribution is 0.414. The molecule has 0 aliphatic heterocycles. The highest BCUT2D eigenvalue weighted by molar-refractivity contribution is 5.51. The van der Waals surface area contributed by atoms with Crippen molar-refractivity contribution in [2.45, 2.75) is 31.3 Å². The Hall–Kier alpha value is -1.22. The summed E-state index contributed by atoms with van der Waals surface area (Å²) in [5, 5.41) is 0. The summed E-state index contributed by atoms with van der Waals surface area (Å²) in [4.78, 5) is 2.31. The van der Waals surface area contributed by atoms with E-state index in [1.165, 1.54) is 12.1 Å². The van der Waals surface area contributed by atoms with E-state index in [1.54, 1.807) is 7.11 Å². The molecule has 0 heterocycles. The van der Waals surface area contributed by atoms with Crippen LogP contribution >= 0.6 is 0 Å². The van der Waals surface area contributed by atoms with Gasteiger partial charge >= 0.3 is 0 Å². The fourth-order valence-electron chi connectivity index (χ4n) is 2.38. The van der Waals surface area contributed by atoms with Crippen molar-refractivity contribution in [1.29, 1.82) is 0 Å². The second-order valence-electron chi connectivity index (χ2n) is 4.54. The van der Waals surface area contributed by atoms with E-state index in [2.05, 4.69) is 24.1 Å². The Kier molecular flexibility index (Phi) is 3.34. The Morgan fingerprint density at radius 2 is 2.19 bits per heavy atom. The number of nitrogens with zero attached hydrogens (tertiary/aromatic N) is 1. The van der Waals surface area contributed by atoms with Crippen LogP contribution in [0, 0.1) is 0 Å². The van der Waals surface area contributed by atoms with Crippen LogP contribution in [0.2, 0.25) is 0 Å². The van der Waals surface area contributed by atoms with Gasteiger partial charge in [-0.15, -0.1) is 0 Å². The van der Waals surface area contributed by atoms with Gasteiger partial charge in [-0.3, -0.25) is 0 Å². The van der Waals surface area contributed by atoms with E-state index in [4.69, 9.17) is 10.5 Å². The Morgan fingerprint density at radius 1 is 1.38 bits per heavy atom. The fourth-order valence-corrected chi connectivity index (χ4v) is 2.38. The summed E-state index contributed by atoms with van der Waals surface area (Å²) < 4.78 is 5.24. The van der Waals surface area contributed by atoms with Crippen molar-refractivity contribution in [2.24, 2.45) is 5.73 Å². The number of rotatable bonds is 3. The summed E-state index contributed by atoms with van der Waals surface area (Å²) in [6, 6.07) is 9.13. The lowest BCUT2D eigenvalue weighted by Gasteiger charge is -2.27. The Balaban J connectivity index is 2.10. The number of anilines is 1. The molecule has 2 N–H and O–H groups in total. The molecule has 1 saturated carbocycles. The van der Waals surface area contributed by atoms with Crippen molar-refractivity contribution >= 4 is 5.69 Å². The van der Waals surface area contributed by atoms with Gasteiger partial charge in [0.1, 0.15) is 5.75 Å². The summed E-state index contributed by atoms with van der Waals surface area (Å²) in [5.41, 5.74) is 7.15. The number of nitrogens with two attached hydrogens (primary N) is 1. The van der Waals surface area contributed by atoms with E-state index in [1.807, 2.05) is 12.1 Å². The smallest absolute Gasteiger partial charge is 0.120 e. The summed E-state index contributed by atoms with van der Waals surface area (Å²) in [6.45, 7) is 0. The number of methoxy groups -OCH3 is 1. The summed E-state index contributed by atoms with van der Waals surface area (Å²) in [5.74, 6) is 0.909. The second kappa shape index (κ2) is 4.74. The quantitative estimate of drug-likeness (QED) is 0.847. The molecule has 0 amide bonds.